The van der Waals surface area contributed by atoms with Gasteiger partial charge in [-0.25, -0.2) is 0 Å². The molecule has 1 aliphatic rings. The van der Waals surface area contributed by atoms with E-state index in [4.69, 9.17) is 0 Å². The van der Waals surface area contributed by atoms with Crippen LogP contribution < -0.4 is 5.32 Å². The molecule has 0 saturated carbocycles. The van der Waals surface area contributed by atoms with E-state index in [0.29, 0.717) is 18.1 Å². The van der Waals surface area contributed by atoms with Crippen molar-refractivity contribution in [3.63, 3.8) is 0 Å². The van der Waals surface area contributed by atoms with Crippen LogP contribution in [0.5, 0.6) is 0 Å². The summed E-state index contributed by atoms with van der Waals surface area (Å²) in [7, 11) is 0. The van der Waals surface area contributed by atoms with Crippen molar-refractivity contribution in [2.75, 3.05) is 13.1 Å². The molecule has 0 spiro atoms. The van der Waals surface area contributed by atoms with E-state index in [0.717, 1.165) is 6.54 Å². The molecule has 0 aliphatic carbocycles. The summed E-state index contributed by atoms with van der Waals surface area (Å²) in [5, 5.41) is 3.68. The highest BCUT2D eigenvalue weighted by Crippen LogP contribution is 2.24. The normalized spacial score (nSPS) is 21.4. The minimum absolute atomic E-state index is 0.482. The van der Waals surface area contributed by atoms with E-state index < -0.39 is 0 Å². The first-order valence-electron chi connectivity index (χ1n) is 7.82. The second-order valence-corrected chi connectivity index (χ2v) is 7.41. The van der Waals surface area contributed by atoms with Crippen LogP contribution in [0.25, 0.3) is 0 Å². The summed E-state index contributed by atoms with van der Waals surface area (Å²) in [6, 6.07) is 10.7. The average molecular weight is 386 g/mol. The van der Waals surface area contributed by atoms with E-state index in [2.05, 4.69) is 77.8 Å². The summed E-state index contributed by atoms with van der Waals surface area (Å²) in [6.07, 6.45) is 4.04. The molecule has 20 heavy (non-hydrogen) atoms. The van der Waals surface area contributed by atoms with Crippen molar-refractivity contribution in [2.45, 2.75) is 58.2 Å². The number of nitrogens with one attached hydrogen (secondary N) is 1. The van der Waals surface area contributed by atoms with Crippen LogP contribution in [0.1, 0.15) is 51.6 Å². The second kappa shape index (κ2) is 7.76. The minimum atomic E-state index is 0.482. The molecule has 1 saturated heterocycles. The zero-order valence-corrected chi connectivity index (χ0v) is 15.1. The Morgan fingerprint density at radius 2 is 1.90 bits per heavy atom. The van der Waals surface area contributed by atoms with Crippen LogP contribution in [0, 0.1) is 3.57 Å². The van der Waals surface area contributed by atoms with Gasteiger partial charge in [-0.2, -0.15) is 0 Å². The molecule has 2 unspecified atom stereocenters. The Morgan fingerprint density at radius 3 is 2.45 bits per heavy atom. The quantitative estimate of drug-likeness (QED) is 0.763. The number of rotatable bonds is 5. The van der Waals surface area contributed by atoms with Gasteiger partial charge in [0, 0.05) is 28.2 Å². The molecule has 1 heterocycles. The predicted octanol–water partition coefficient (Wildman–Crippen LogP) is 4.20. The maximum absolute atomic E-state index is 3.68. The van der Waals surface area contributed by atoms with E-state index in [1.54, 1.807) is 0 Å². The lowest BCUT2D eigenvalue weighted by atomic mass is 10.0. The van der Waals surface area contributed by atoms with Gasteiger partial charge in [0.15, 0.2) is 0 Å². The van der Waals surface area contributed by atoms with Gasteiger partial charge in [0.05, 0.1) is 0 Å². The summed E-state index contributed by atoms with van der Waals surface area (Å²) in [4.78, 5) is 2.63. The molecular weight excluding hydrogens is 359 g/mol. The first kappa shape index (κ1) is 16.2. The first-order chi connectivity index (χ1) is 9.58. The molecule has 112 valence electrons. The maximum Gasteiger partial charge on any atom is 0.0323 e. The lowest BCUT2D eigenvalue weighted by Crippen LogP contribution is -2.46. The van der Waals surface area contributed by atoms with Crippen molar-refractivity contribution in [2.24, 2.45) is 0 Å². The Bertz CT molecular complexity index is 396. The fourth-order valence-electron chi connectivity index (χ4n) is 3.08. The van der Waals surface area contributed by atoms with Gasteiger partial charge in [0.2, 0.25) is 0 Å². The second-order valence-electron chi connectivity index (χ2n) is 6.16. The van der Waals surface area contributed by atoms with Crippen LogP contribution in [0.4, 0.5) is 0 Å². The summed E-state index contributed by atoms with van der Waals surface area (Å²) >= 11 is 2.37. The van der Waals surface area contributed by atoms with Crippen LogP contribution in [0.15, 0.2) is 24.3 Å². The smallest absolute Gasteiger partial charge is 0.0323 e. The fraction of sp³-hybridized carbons (Fsp3) is 0.647. The standard InChI is InChI=1S/C17H27IN2/c1-13(2)20(12-17-6-4-5-11-19-17)14(3)15-7-9-16(18)10-8-15/h7-10,13-14,17,19H,4-6,11-12H2,1-3H3. The number of nitrogens with zero attached hydrogens (tertiary/aromatic N) is 1. The predicted molar refractivity (Wildman–Crippen MR) is 95.1 cm³/mol. The number of hydrogen-bond acceptors (Lipinski definition) is 2. The zero-order chi connectivity index (χ0) is 14.5. The molecule has 1 N–H and O–H groups in total. The molecule has 1 aromatic rings. The van der Waals surface area contributed by atoms with Gasteiger partial charge in [0.1, 0.15) is 0 Å². The van der Waals surface area contributed by atoms with Crippen molar-refractivity contribution in [3.8, 4) is 0 Å². The van der Waals surface area contributed by atoms with Gasteiger partial charge in [-0.05, 0) is 80.4 Å². The van der Waals surface area contributed by atoms with Crippen LogP contribution in [-0.4, -0.2) is 30.1 Å². The molecule has 3 heteroatoms. The summed E-state index contributed by atoms with van der Waals surface area (Å²) in [6.45, 7) is 9.31. The van der Waals surface area contributed by atoms with Gasteiger partial charge in [-0.3, -0.25) is 4.90 Å². The first-order valence-corrected chi connectivity index (χ1v) is 8.90. The van der Waals surface area contributed by atoms with Crippen LogP contribution >= 0.6 is 22.6 Å². The van der Waals surface area contributed by atoms with Crippen molar-refractivity contribution in [1.29, 1.82) is 0 Å². The third kappa shape index (κ3) is 4.43. The Labute approximate surface area is 137 Å². The van der Waals surface area contributed by atoms with Gasteiger partial charge in [-0.15, -0.1) is 0 Å². The molecule has 2 atom stereocenters. The van der Waals surface area contributed by atoms with Gasteiger partial charge < -0.3 is 5.32 Å². The van der Waals surface area contributed by atoms with Crippen LogP contribution in [0.2, 0.25) is 0 Å². The van der Waals surface area contributed by atoms with Crippen molar-refractivity contribution in [1.82, 2.24) is 10.2 Å². The lowest BCUT2D eigenvalue weighted by Gasteiger charge is -2.37. The summed E-state index contributed by atoms with van der Waals surface area (Å²) < 4.78 is 1.31. The summed E-state index contributed by atoms with van der Waals surface area (Å²) in [5.41, 5.74) is 1.43. The average Bonchev–Trinajstić information content (AvgIpc) is 2.45. The highest BCUT2D eigenvalue weighted by atomic mass is 127. The number of hydrogen-bond donors (Lipinski definition) is 1. The SMILES string of the molecule is CC(C)N(CC1CCCCN1)C(C)c1ccc(I)cc1. The van der Waals surface area contributed by atoms with Crippen LogP contribution in [0.3, 0.4) is 0 Å². The summed E-state index contributed by atoms with van der Waals surface area (Å²) in [5.74, 6) is 0. The van der Waals surface area contributed by atoms with Crippen molar-refractivity contribution in [3.05, 3.63) is 33.4 Å². The van der Waals surface area contributed by atoms with Gasteiger partial charge >= 0.3 is 0 Å². The molecule has 0 amide bonds. The zero-order valence-electron chi connectivity index (χ0n) is 12.9. The van der Waals surface area contributed by atoms with E-state index in [-0.39, 0.29) is 0 Å². The lowest BCUT2D eigenvalue weighted by molar-refractivity contribution is 0.138. The number of halogens is 1. The van der Waals surface area contributed by atoms with Crippen molar-refractivity contribution >= 4 is 22.6 Å². The number of benzene rings is 1. The molecule has 0 aromatic heterocycles. The van der Waals surface area contributed by atoms with Gasteiger partial charge in [0.25, 0.3) is 0 Å². The Morgan fingerprint density at radius 1 is 1.20 bits per heavy atom. The molecule has 0 bridgehead atoms. The Hall–Kier alpha value is -0.130. The highest BCUT2D eigenvalue weighted by molar-refractivity contribution is 14.1. The monoisotopic (exact) mass is 386 g/mol. The molecule has 2 rings (SSSR count). The minimum Gasteiger partial charge on any atom is -0.313 e. The van der Waals surface area contributed by atoms with E-state index in [1.807, 2.05) is 0 Å². The van der Waals surface area contributed by atoms with Gasteiger partial charge in [-0.1, -0.05) is 18.6 Å². The molecule has 1 aromatic carbocycles. The Kier molecular flexibility index (Phi) is 6.30. The third-order valence-electron chi connectivity index (χ3n) is 4.36. The molecule has 0 radical (unpaired) electrons. The van der Waals surface area contributed by atoms with E-state index in [1.165, 1.54) is 34.9 Å². The third-order valence-corrected chi connectivity index (χ3v) is 5.08. The molecular formula is C17H27IN2. The molecule has 2 nitrogen and oxygen atoms in total. The fourth-order valence-corrected chi connectivity index (χ4v) is 3.44. The van der Waals surface area contributed by atoms with Crippen molar-refractivity contribution < 1.29 is 0 Å². The molecule has 1 aliphatic heterocycles. The van der Waals surface area contributed by atoms with E-state index in [9.17, 15) is 0 Å². The van der Waals surface area contributed by atoms with E-state index >= 15 is 0 Å². The largest absolute Gasteiger partial charge is 0.313 e. The highest BCUT2D eigenvalue weighted by Gasteiger charge is 2.23. The number of piperidine rings is 1. The van der Waals surface area contributed by atoms with Crippen LogP contribution in [-0.2, 0) is 0 Å². The maximum atomic E-state index is 3.68. The topological polar surface area (TPSA) is 15.3 Å². The Balaban J connectivity index is 2.04. The molecule has 1 fully saturated rings.